The maximum Gasteiger partial charge on any atom is 0.243 e. The van der Waals surface area contributed by atoms with Crippen LogP contribution in [0.25, 0.3) is 0 Å². The highest BCUT2D eigenvalue weighted by Gasteiger charge is 2.30. The maximum atomic E-state index is 13.6. The summed E-state index contributed by atoms with van der Waals surface area (Å²) in [4.78, 5) is 28.5. The van der Waals surface area contributed by atoms with Crippen LogP contribution in [0, 0.1) is 5.82 Å². The number of thioether (sulfide) groups is 1. The molecule has 1 atom stereocenters. The summed E-state index contributed by atoms with van der Waals surface area (Å²) in [5.41, 5.74) is 2.66. The number of hydrogen-bond acceptors (Lipinski definition) is 3. The number of hydrogen-bond donors (Lipinski definition) is 1. The van der Waals surface area contributed by atoms with Crippen LogP contribution in [0.4, 0.5) is 4.39 Å². The fraction of sp³-hybridized carbons (Fsp3) is 0.286. The van der Waals surface area contributed by atoms with E-state index >= 15 is 0 Å². The molecule has 0 spiro atoms. The van der Waals surface area contributed by atoms with Crippen molar-refractivity contribution in [2.75, 3.05) is 12.3 Å². The molecule has 0 heterocycles. The lowest BCUT2D eigenvalue weighted by Gasteiger charge is -2.31. The van der Waals surface area contributed by atoms with E-state index in [9.17, 15) is 14.0 Å². The zero-order chi connectivity index (χ0) is 25.9. The molecule has 0 aliphatic carbocycles. The van der Waals surface area contributed by atoms with Crippen LogP contribution < -0.4 is 5.32 Å². The molecule has 3 rings (SSSR count). The van der Waals surface area contributed by atoms with Gasteiger partial charge in [-0.15, -0.1) is 11.8 Å². The Morgan fingerprint density at radius 1 is 0.944 bits per heavy atom. The lowest BCUT2D eigenvalue weighted by atomic mass is 10.0. The summed E-state index contributed by atoms with van der Waals surface area (Å²) in [7, 11) is 0. The normalized spacial score (nSPS) is 11.7. The van der Waals surface area contributed by atoms with E-state index in [1.165, 1.54) is 23.9 Å². The highest BCUT2D eigenvalue weighted by molar-refractivity contribution is 7.99. The topological polar surface area (TPSA) is 49.4 Å². The highest BCUT2D eigenvalue weighted by atomic mass is 35.5. The van der Waals surface area contributed by atoms with Crippen LogP contribution in [0.3, 0.4) is 0 Å². The van der Waals surface area contributed by atoms with Crippen molar-refractivity contribution < 1.29 is 14.0 Å². The third-order valence-corrected chi connectivity index (χ3v) is 7.29. The van der Waals surface area contributed by atoms with E-state index in [2.05, 4.69) is 5.32 Å². The molecule has 0 aliphatic rings. The molecule has 0 aromatic heterocycles. The molecule has 0 bridgehead atoms. The summed E-state index contributed by atoms with van der Waals surface area (Å²) >= 11 is 13.8. The minimum Gasteiger partial charge on any atom is -0.354 e. The van der Waals surface area contributed by atoms with Crippen molar-refractivity contribution in [1.82, 2.24) is 10.2 Å². The molecule has 2 amide bonds. The molecule has 0 saturated heterocycles. The van der Waals surface area contributed by atoms with Crippen molar-refractivity contribution in [2.45, 2.75) is 38.1 Å². The number of rotatable bonds is 12. The van der Waals surface area contributed by atoms with Gasteiger partial charge in [0.05, 0.1) is 15.8 Å². The van der Waals surface area contributed by atoms with Crippen LogP contribution >= 0.6 is 35.0 Å². The van der Waals surface area contributed by atoms with Crippen molar-refractivity contribution in [3.05, 3.63) is 105 Å². The summed E-state index contributed by atoms with van der Waals surface area (Å²) in [6.07, 6.45) is 1.17. The molecule has 0 saturated carbocycles. The zero-order valence-corrected chi connectivity index (χ0v) is 22.4. The molecule has 0 fully saturated rings. The Morgan fingerprint density at radius 3 is 2.31 bits per heavy atom. The van der Waals surface area contributed by atoms with Crippen LogP contribution in [0.15, 0.2) is 72.8 Å². The van der Waals surface area contributed by atoms with Gasteiger partial charge >= 0.3 is 0 Å². The Hall–Kier alpha value is -2.54. The smallest absolute Gasteiger partial charge is 0.243 e. The van der Waals surface area contributed by atoms with Crippen molar-refractivity contribution in [1.29, 1.82) is 0 Å². The fourth-order valence-electron chi connectivity index (χ4n) is 3.67. The first-order chi connectivity index (χ1) is 17.4. The number of benzene rings is 3. The number of nitrogens with zero attached hydrogens (tertiary/aromatic N) is 1. The van der Waals surface area contributed by atoms with E-state index in [4.69, 9.17) is 23.2 Å². The first kappa shape index (κ1) is 28.0. The molecule has 3 aromatic carbocycles. The Balaban J connectivity index is 1.84. The molecular weight excluding hydrogens is 518 g/mol. The van der Waals surface area contributed by atoms with E-state index < -0.39 is 6.04 Å². The minimum absolute atomic E-state index is 0.166. The summed E-state index contributed by atoms with van der Waals surface area (Å²) in [5.74, 6) is 0.0659. The van der Waals surface area contributed by atoms with Crippen molar-refractivity contribution in [3.63, 3.8) is 0 Å². The second-order valence-corrected chi connectivity index (χ2v) is 10.2. The average Bonchev–Trinajstić information content (AvgIpc) is 2.88. The largest absolute Gasteiger partial charge is 0.354 e. The van der Waals surface area contributed by atoms with Crippen LogP contribution in [0.2, 0.25) is 10.0 Å². The van der Waals surface area contributed by atoms with E-state index in [1.807, 2.05) is 43.3 Å². The molecule has 4 nitrogen and oxygen atoms in total. The van der Waals surface area contributed by atoms with E-state index in [0.717, 1.165) is 23.1 Å². The molecule has 36 heavy (non-hydrogen) atoms. The molecular formula is C28H29Cl2FN2O2S. The van der Waals surface area contributed by atoms with Crippen molar-refractivity contribution >= 4 is 46.8 Å². The predicted octanol–water partition coefficient (Wildman–Crippen LogP) is 6.53. The minimum atomic E-state index is -0.702. The molecule has 0 aliphatic heterocycles. The van der Waals surface area contributed by atoms with Crippen LogP contribution in [0.5, 0.6) is 0 Å². The van der Waals surface area contributed by atoms with Gasteiger partial charge in [-0.25, -0.2) is 4.39 Å². The molecule has 190 valence electrons. The van der Waals surface area contributed by atoms with Gasteiger partial charge in [-0.2, -0.15) is 0 Å². The quantitative estimate of drug-likeness (QED) is 0.281. The average molecular weight is 548 g/mol. The first-order valence-electron chi connectivity index (χ1n) is 11.7. The maximum absolute atomic E-state index is 13.6. The first-order valence-corrected chi connectivity index (χ1v) is 13.7. The number of carbonyl (C=O) groups excluding carboxylic acids is 2. The summed E-state index contributed by atoms with van der Waals surface area (Å²) in [5, 5.41) is 3.78. The Morgan fingerprint density at radius 2 is 1.64 bits per heavy atom. The van der Waals surface area contributed by atoms with Gasteiger partial charge in [0.25, 0.3) is 0 Å². The summed E-state index contributed by atoms with van der Waals surface area (Å²) < 4.78 is 13.2. The van der Waals surface area contributed by atoms with Gasteiger partial charge in [-0.05, 0) is 47.4 Å². The summed E-state index contributed by atoms with van der Waals surface area (Å²) in [6.45, 7) is 2.72. The van der Waals surface area contributed by atoms with Gasteiger partial charge in [-0.3, -0.25) is 9.59 Å². The van der Waals surface area contributed by atoms with E-state index in [0.29, 0.717) is 28.8 Å². The fourth-order valence-corrected chi connectivity index (χ4v) is 4.87. The predicted molar refractivity (Wildman–Crippen MR) is 147 cm³/mol. The van der Waals surface area contributed by atoms with Gasteiger partial charge < -0.3 is 10.2 Å². The van der Waals surface area contributed by atoms with Gasteiger partial charge in [-0.1, -0.05) is 78.7 Å². The van der Waals surface area contributed by atoms with Crippen LogP contribution in [0.1, 0.15) is 30.0 Å². The van der Waals surface area contributed by atoms with Crippen molar-refractivity contribution in [3.8, 4) is 0 Å². The van der Waals surface area contributed by atoms with Gasteiger partial charge in [0.2, 0.25) is 11.8 Å². The molecule has 0 unspecified atom stereocenters. The monoisotopic (exact) mass is 546 g/mol. The number of halogens is 3. The number of amides is 2. The second-order valence-electron chi connectivity index (χ2n) is 8.39. The highest BCUT2D eigenvalue weighted by Crippen LogP contribution is 2.25. The number of nitrogens with one attached hydrogen (secondary N) is 1. The van der Waals surface area contributed by atoms with Crippen LogP contribution in [-0.4, -0.2) is 35.1 Å². The standard InChI is InChI=1S/C28H29Cl2FN2O2S/c1-2-14-32-28(35)26(16-20-6-4-3-5-7-20)33(17-22-10-13-24(29)25(30)15-22)27(34)19-36-18-21-8-11-23(31)12-9-21/h3-13,15,26H,2,14,16-19H2,1H3,(H,32,35)/t26-/m1/s1. The zero-order valence-electron chi connectivity index (χ0n) is 20.1. The third-order valence-electron chi connectivity index (χ3n) is 5.56. The van der Waals surface area contributed by atoms with Gasteiger partial charge in [0.15, 0.2) is 0 Å². The summed E-state index contributed by atoms with van der Waals surface area (Å²) in [6, 6.07) is 20.4. The van der Waals surface area contributed by atoms with Gasteiger partial charge in [0.1, 0.15) is 11.9 Å². The molecule has 0 radical (unpaired) electrons. The molecule has 1 N–H and O–H groups in total. The Labute approximate surface area is 226 Å². The van der Waals surface area contributed by atoms with Crippen molar-refractivity contribution in [2.24, 2.45) is 0 Å². The number of carbonyl (C=O) groups is 2. The van der Waals surface area contributed by atoms with Crippen LogP contribution in [-0.2, 0) is 28.3 Å². The SMILES string of the molecule is CCCNC(=O)[C@@H](Cc1ccccc1)N(Cc1ccc(Cl)c(Cl)c1)C(=O)CSCc1ccc(F)cc1. The third kappa shape index (κ3) is 8.54. The van der Waals surface area contributed by atoms with E-state index in [1.54, 1.807) is 29.2 Å². The second kappa shape index (κ2) is 14.3. The lowest BCUT2D eigenvalue weighted by Crippen LogP contribution is -2.51. The molecule has 8 heteroatoms. The van der Waals surface area contributed by atoms with Gasteiger partial charge in [0, 0.05) is 25.3 Å². The molecule has 3 aromatic rings. The lowest BCUT2D eigenvalue weighted by molar-refractivity contribution is -0.139. The Bertz CT molecular complexity index is 1150. The Kier molecular flexibility index (Phi) is 11.1. The van der Waals surface area contributed by atoms with E-state index in [-0.39, 0.29) is 29.9 Å².